The summed E-state index contributed by atoms with van der Waals surface area (Å²) < 4.78 is 6.06. The maximum absolute atomic E-state index is 11.5. The summed E-state index contributed by atoms with van der Waals surface area (Å²) >= 11 is 0. The molecule has 0 radical (unpaired) electrons. The number of hydrogen-bond acceptors (Lipinski definition) is 2. The monoisotopic (exact) mass is 240 g/mol. The number of hydrogen-bond donors (Lipinski definition) is 1. The van der Waals surface area contributed by atoms with Crippen molar-refractivity contribution in [2.45, 2.75) is 82.3 Å². The van der Waals surface area contributed by atoms with Crippen LogP contribution in [-0.2, 0) is 9.53 Å². The second kappa shape index (κ2) is 5.85. The molecular formula is C14H24O3. The van der Waals surface area contributed by atoms with Crippen LogP contribution in [0, 0.1) is 0 Å². The van der Waals surface area contributed by atoms with Crippen LogP contribution in [0.1, 0.15) is 70.6 Å². The molecule has 1 N–H and O–H groups in total. The van der Waals surface area contributed by atoms with E-state index in [0.717, 1.165) is 32.1 Å². The molecule has 2 aliphatic rings. The first-order valence-electron chi connectivity index (χ1n) is 7.14. The lowest BCUT2D eigenvalue weighted by Gasteiger charge is -2.36. The standard InChI is InChI=1S/C14H24O3/c15-13(16)14(10-6-3-7-11-14)17-12-8-4-1-2-5-9-12/h12H,1-11H2,(H,15,16). The topological polar surface area (TPSA) is 46.5 Å². The van der Waals surface area contributed by atoms with E-state index in [9.17, 15) is 9.90 Å². The smallest absolute Gasteiger partial charge is 0.335 e. The molecule has 0 aromatic rings. The fraction of sp³-hybridized carbons (Fsp3) is 0.929. The second-order valence-corrected chi connectivity index (χ2v) is 5.59. The van der Waals surface area contributed by atoms with Crippen LogP contribution in [0.5, 0.6) is 0 Å². The summed E-state index contributed by atoms with van der Waals surface area (Å²) in [5, 5.41) is 9.46. The van der Waals surface area contributed by atoms with E-state index in [1.807, 2.05) is 0 Å². The summed E-state index contributed by atoms with van der Waals surface area (Å²) in [7, 11) is 0. The van der Waals surface area contributed by atoms with Crippen molar-refractivity contribution in [2.75, 3.05) is 0 Å². The van der Waals surface area contributed by atoms with E-state index in [0.29, 0.717) is 12.8 Å². The Labute approximate surface area is 104 Å². The molecule has 2 fully saturated rings. The Hall–Kier alpha value is -0.570. The fourth-order valence-electron chi connectivity index (χ4n) is 3.18. The first-order valence-corrected chi connectivity index (χ1v) is 7.14. The van der Waals surface area contributed by atoms with Crippen molar-refractivity contribution in [3.8, 4) is 0 Å². The highest BCUT2D eigenvalue weighted by Crippen LogP contribution is 2.35. The van der Waals surface area contributed by atoms with Crippen LogP contribution in [0.25, 0.3) is 0 Å². The number of carbonyl (C=O) groups is 1. The molecule has 0 aliphatic heterocycles. The minimum Gasteiger partial charge on any atom is -0.479 e. The Morgan fingerprint density at radius 2 is 1.47 bits per heavy atom. The second-order valence-electron chi connectivity index (χ2n) is 5.59. The van der Waals surface area contributed by atoms with Gasteiger partial charge in [0.25, 0.3) is 0 Å². The van der Waals surface area contributed by atoms with Gasteiger partial charge in [0, 0.05) is 0 Å². The molecule has 0 aromatic carbocycles. The summed E-state index contributed by atoms with van der Waals surface area (Å²) in [5.74, 6) is -0.735. The lowest BCUT2D eigenvalue weighted by atomic mass is 9.84. The van der Waals surface area contributed by atoms with E-state index < -0.39 is 11.6 Å². The van der Waals surface area contributed by atoms with Crippen molar-refractivity contribution in [1.29, 1.82) is 0 Å². The average Bonchev–Trinajstić information content (AvgIpc) is 2.59. The fourth-order valence-corrected chi connectivity index (χ4v) is 3.18. The summed E-state index contributed by atoms with van der Waals surface area (Å²) in [5.41, 5.74) is -0.854. The maximum Gasteiger partial charge on any atom is 0.335 e. The van der Waals surface area contributed by atoms with Crippen LogP contribution >= 0.6 is 0 Å². The lowest BCUT2D eigenvalue weighted by Crippen LogP contribution is -2.46. The van der Waals surface area contributed by atoms with Crippen LogP contribution < -0.4 is 0 Å². The van der Waals surface area contributed by atoms with Crippen LogP contribution in [-0.4, -0.2) is 22.8 Å². The molecule has 0 atom stereocenters. The molecule has 0 bridgehead atoms. The molecule has 17 heavy (non-hydrogen) atoms. The molecule has 0 spiro atoms. The van der Waals surface area contributed by atoms with E-state index >= 15 is 0 Å². The quantitative estimate of drug-likeness (QED) is 0.768. The van der Waals surface area contributed by atoms with Crippen LogP contribution in [0.2, 0.25) is 0 Å². The minimum atomic E-state index is -0.854. The van der Waals surface area contributed by atoms with Gasteiger partial charge in [-0.05, 0) is 38.5 Å². The zero-order valence-corrected chi connectivity index (χ0v) is 10.6. The molecule has 98 valence electrons. The normalized spacial score (nSPS) is 26.4. The molecule has 3 nitrogen and oxygen atoms in total. The van der Waals surface area contributed by atoms with Gasteiger partial charge in [-0.25, -0.2) is 4.79 Å². The third-order valence-corrected chi connectivity index (χ3v) is 4.25. The summed E-state index contributed by atoms with van der Waals surface area (Å²) in [6.45, 7) is 0. The average molecular weight is 240 g/mol. The van der Waals surface area contributed by atoms with Crippen molar-refractivity contribution in [3.63, 3.8) is 0 Å². The van der Waals surface area contributed by atoms with E-state index in [4.69, 9.17) is 4.74 Å². The van der Waals surface area contributed by atoms with Gasteiger partial charge in [-0.1, -0.05) is 32.1 Å². The van der Waals surface area contributed by atoms with Gasteiger partial charge in [0.05, 0.1) is 6.10 Å². The number of carboxylic acids is 1. The van der Waals surface area contributed by atoms with Gasteiger partial charge in [-0.2, -0.15) is 0 Å². The minimum absolute atomic E-state index is 0.187. The third-order valence-electron chi connectivity index (χ3n) is 4.25. The van der Waals surface area contributed by atoms with E-state index in [1.54, 1.807) is 0 Å². The Morgan fingerprint density at radius 1 is 0.941 bits per heavy atom. The van der Waals surface area contributed by atoms with Crippen LogP contribution in [0.3, 0.4) is 0 Å². The van der Waals surface area contributed by atoms with Crippen molar-refractivity contribution in [2.24, 2.45) is 0 Å². The largest absolute Gasteiger partial charge is 0.479 e. The molecular weight excluding hydrogens is 216 g/mol. The number of aliphatic carboxylic acids is 1. The van der Waals surface area contributed by atoms with Crippen molar-refractivity contribution < 1.29 is 14.6 Å². The molecule has 3 heteroatoms. The third kappa shape index (κ3) is 3.21. The molecule has 0 saturated heterocycles. The highest BCUT2D eigenvalue weighted by atomic mass is 16.5. The zero-order chi connectivity index (χ0) is 12.1. The van der Waals surface area contributed by atoms with Gasteiger partial charge in [0.1, 0.15) is 0 Å². The van der Waals surface area contributed by atoms with Gasteiger partial charge in [0.2, 0.25) is 0 Å². The molecule has 2 saturated carbocycles. The van der Waals surface area contributed by atoms with Gasteiger partial charge in [0.15, 0.2) is 5.60 Å². The molecule has 0 heterocycles. The van der Waals surface area contributed by atoms with Crippen LogP contribution in [0.15, 0.2) is 0 Å². The Kier molecular flexibility index (Phi) is 4.43. The first-order chi connectivity index (χ1) is 8.23. The summed E-state index contributed by atoms with van der Waals surface area (Å²) in [6.07, 6.45) is 11.8. The number of carboxylic acid groups (broad SMARTS) is 1. The van der Waals surface area contributed by atoms with Crippen LogP contribution in [0.4, 0.5) is 0 Å². The van der Waals surface area contributed by atoms with Gasteiger partial charge < -0.3 is 9.84 Å². The maximum atomic E-state index is 11.5. The Bertz CT molecular complexity index is 248. The Morgan fingerprint density at radius 3 is 2.00 bits per heavy atom. The van der Waals surface area contributed by atoms with Gasteiger partial charge in [-0.3, -0.25) is 0 Å². The number of rotatable bonds is 3. The predicted octanol–water partition coefficient (Wildman–Crippen LogP) is 3.51. The Balaban J connectivity index is 1.98. The lowest BCUT2D eigenvalue weighted by molar-refractivity contribution is -0.181. The zero-order valence-electron chi connectivity index (χ0n) is 10.6. The van der Waals surface area contributed by atoms with E-state index in [2.05, 4.69) is 0 Å². The van der Waals surface area contributed by atoms with Crippen molar-refractivity contribution >= 4 is 5.97 Å². The highest BCUT2D eigenvalue weighted by molar-refractivity contribution is 5.77. The van der Waals surface area contributed by atoms with Crippen molar-refractivity contribution in [1.82, 2.24) is 0 Å². The molecule has 0 unspecified atom stereocenters. The van der Waals surface area contributed by atoms with E-state index in [1.165, 1.54) is 25.7 Å². The van der Waals surface area contributed by atoms with E-state index in [-0.39, 0.29) is 6.10 Å². The summed E-state index contributed by atoms with van der Waals surface area (Å²) in [4.78, 5) is 11.5. The molecule has 0 aromatic heterocycles. The summed E-state index contributed by atoms with van der Waals surface area (Å²) in [6, 6.07) is 0. The first kappa shape index (κ1) is 12.9. The van der Waals surface area contributed by atoms with Gasteiger partial charge >= 0.3 is 5.97 Å². The van der Waals surface area contributed by atoms with Crippen molar-refractivity contribution in [3.05, 3.63) is 0 Å². The number of ether oxygens (including phenoxy) is 1. The van der Waals surface area contributed by atoms with Gasteiger partial charge in [-0.15, -0.1) is 0 Å². The SMILES string of the molecule is O=C(O)C1(OC2CCCCCC2)CCCCC1. The highest BCUT2D eigenvalue weighted by Gasteiger charge is 2.42. The predicted molar refractivity (Wildman–Crippen MR) is 66.0 cm³/mol. The molecule has 2 aliphatic carbocycles. The molecule has 0 amide bonds. The molecule has 2 rings (SSSR count).